The molecule has 0 fully saturated rings. The summed E-state index contributed by atoms with van der Waals surface area (Å²) in [7, 11) is 5.53. The van der Waals surface area contributed by atoms with Gasteiger partial charge in [0.05, 0.1) is 33.7 Å². The molecule has 5 nitrogen and oxygen atoms in total. The van der Waals surface area contributed by atoms with Crippen molar-refractivity contribution in [3.05, 3.63) is 12.2 Å². The van der Waals surface area contributed by atoms with E-state index in [1.54, 1.807) is 6.92 Å². The number of quaternary nitrogens is 1. The maximum absolute atomic E-state index is 11.1. The van der Waals surface area contributed by atoms with Gasteiger partial charge in [0.15, 0.2) is 0 Å². The van der Waals surface area contributed by atoms with Gasteiger partial charge >= 0.3 is 5.97 Å². The molecular weight excluding hydrogens is 246 g/mol. The van der Waals surface area contributed by atoms with E-state index in [2.05, 4.69) is 6.58 Å². The maximum Gasteiger partial charge on any atom is 0.333 e. The Labute approximate surface area is 115 Å². The van der Waals surface area contributed by atoms with E-state index in [0.29, 0.717) is 23.1 Å². The van der Waals surface area contributed by atoms with Crippen LogP contribution in [0.25, 0.3) is 0 Å². The highest BCUT2D eigenvalue weighted by molar-refractivity contribution is 5.86. The first-order valence-corrected chi connectivity index (χ1v) is 6.51. The van der Waals surface area contributed by atoms with Crippen LogP contribution in [0.3, 0.4) is 0 Å². The van der Waals surface area contributed by atoms with Crippen molar-refractivity contribution in [2.45, 2.75) is 38.6 Å². The number of aliphatic carboxylic acids is 1. The minimum Gasteiger partial charge on any atom is -0.544 e. The van der Waals surface area contributed by atoms with Crippen LogP contribution in [-0.2, 0) is 14.3 Å². The number of rotatable bonds is 9. The number of ether oxygens (including phenoxy) is 1. The predicted octanol–water partition coefficient (Wildman–Crippen LogP) is 0.491. The van der Waals surface area contributed by atoms with Crippen molar-refractivity contribution in [1.29, 1.82) is 0 Å². The van der Waals surface area contributed by atoms with E-state index >= 15 is 0 Å². The predicted molar refractivity (Wildman–Crippen MR) is 71.1 cm³/mol. The molecule has 0 saturated carbocycles. The number of esters is 1. The molecule has 5 heteroatoms. The molecule has 0 N–H and O–H groups in total. The average molecular weight is 271 g/mol. The van der Waals surface area contributed by atoms with Gasteiger partial charge in [-0.05, 0) is 26.2 Å². The quantitative estimate of drug-likeness (QED) is 0.265. The molecule has 0 aromatic carbocycles. The standard InChI is InChI=1S/C14H25NO4/c1-11(2)14(18)19-10-8-6-7-9-12(13(16)17)15(3,4)5/h12H,1,6-10H2,2-5H3. The van der Waals surface area contributed by atoms with Gasteiger partial charge < -0.3 is 19.1 Å². The zero-order valence-corrected chi connectivity index (χ0v) is 12.4. The summed E-state index contributed by atoms with van der Waals surface area (Å²) < 4.78 is 5.31. The largest absolute Gasteiger partial charge is 0.544 e. The molecule has 0 aliphatic heterocycles. The number of hydrogen-bond acceptors (Lipinski definition) is 4. The molecule has 0 aliphatic carbocycles. The van der Waals surface area contributed by atoms with Crippen molar-refractivity contribution >= 4 is 11.9 Å². The molecule has 0 amide bonds. The molecule has 0 radical (unpaired) electrons. The van der Waals surface area contributed by atoms with Gasteiger partial charge in [0, 0.05) is 12.0 Å². The average Bonchev–Trinajstić information content (AvgIpc) is 2.24. The molecule has 0 aromatic heterocycles. The minimum absolute atomic E-state index is 0.353. The lowest BCUT2D eigenvalue weighted by Crippen LogP contribution is -2.54. The molecule has 0 aliphatic rings. The zero-order chi connectivity index (χ0) is 15.1. The Morgan fingerprint density at radius 2 is 1.79 bits per heavy atom. The summed E-state index contributed by atoms with van der Waals surface area (Å²) >= 11 is 0. The molecule has 0 rings (SSSR count). The van der Waals surface area contributed by atoms with Crippen LogP contribution in [0.15, 0.2) is 12.2 Å². The van der Waals surface area contributed by atoms with Crippen molar-refractivity contribution in [2.24, 2.45) is 0 Å². The lowest BCUT2D eigenvalue weighted by atomic mass is 10.1. The zero-order valence-electron chi connectivity index (χ0n) is 12.4. The Bertz CT molecular complexity index is 331. The molecule has 0 spiro atoms. The lowest BCUT2D eigenvalue weighted by molar-refractivity contribution is -0.889. The van der Waals surface area contributed by atoms with E-state index in [4.69, 9.17) is 4.74 Å². The van der Waals surface area contributed by atoms with Crippen LogP contribution in [0.4, 0.5) is 0 Å². The fraction of sp³-hybridized carbons (Fsp3) is 0.714. The van der Waals surface area contributed by atoms with Crippen LogP contribution in [0.5, 0.6) is 0 Å². The maximum atomic E-state index is 11.1. The monoisotopic (exact) mass is 271 g/mol. The van der Waals surface area contributed by atoms with Gasteiger partial charge in [0.2, 0.25) is 0 Å². The highest BCUT2D eigenvalue weighted by Crippen LogP contribution is 2.12. The van der Waals surface area contributed by atoms with Crippen molar-refractivity contribution in [3.63, 3.8) is 0 Å². The van der Waals surface area contributed by atoms with Gasteiger partial charge in [-0.2, -0.15) is 0 Å². The molecule has 110 valence electrons. The van der Waals surface area contributed by atoms with Gasteiger partial charge in [-0.1, -0.05) is 6.58 Å². The van der Waals surface area contributed by atoms with Gasteiger partial charge in [0.1, 0.15) is 6.04 Å². The first-order chi connectivity index (χ1) is 8.66. The van der Waals surface area contributed by atoms with Crippen molar-refractivity contribution < 1.29 is 23.9 Å². The number of unbranched alkanes of at least 4 members (excludes halogenated alkanes) is 2. The Morgan fingerprint density at radius 3 is 2.21 bits per heavy atom. The second-order valence-electron chi connectivity index (χ2n) is 5.72. The number of carbonyl (C=O) groups excluding carboxylic acids is 2. The highest BCUT2D eigenvalue weighted by Gasteiger charge is 2.24. The van der Waals surface area contributed by atoms with Crippen LogP contribution < -0.4 is 5.11 Å². The van der Waals surface area contributed by atoms with E-state index in [9.17, 15) is 14.7 Å². The van der Waals surface area contributed by atoms with Crippen LogP contribution in [-0.4, -0.2) is 50.2 Å². The minimum atomic E-state index is -1.01. The second kappa shape index (κ2) is 7.94. The third-order valence-electron chi connectivity index (χ3n) is 2.91. The SMILES string of the molecule is C=C(C)C(=O)OCCCCCC(C(=O)[O-])[N+](C)(C)C. The summed E-state index contributed by atoms with van der Waals surface area (Å²) in [6.07, 6.45) is 2.90. The van der Waals surface area contributed by atoms with Crippen LogP contribution in [0.2, 0.25) is 0 Å². The molecule has 1 atom stereocenters. The summed E-state index contributed by atoms with van der Waals surface area (Å²) in [4.78, 5) is 22.1. The molecule has 0 aromatic rings. The molecule has 1 unspecified atom stereocenters. The smallest absolute Gasteiger partial charge is 0.333 e. The summed E-state index contributed by atoms with van der Waals surface area (Å²) in [5, 5.41) is 11.0. The Morgan fingerprint density at radius 1 is 1.21 bits per heavy atom. The van der Waals surface area contributed by atoms with E-state index < -0.39 is 12.0 Å². The number of hydrogen-bond donors (Lipinski definition) is 0. The summed E-state index contributed by atoms with van der Waals surface area (Å²) in [6.45, 7) is 5.45. The first-order valence-electron chi connectivity index (χ1n) is 6.51. The molecule has 19 heavy (non-hydrogen) atoms. The molecule has 0 heterocycles. The first kappa shape index (κ1) is 17.6. The summed E-state index contributed by atoms with van der Waals surface area (Å²) in [6, 6.07) is -0.502. The van der Waals surface area contributed by atoms with Gasteiger partial charge in [-0.15, -0.1) is 0 Å². The topological polar surface area (TPSA) is 66.4 Å². The van der Waals surface area contributed by atoms with Gasteiger partial charge in [0.25, 0.3) is 0 Å². The number of carboxylic acid groups (broad SMARTS) is 1. The number of carboxylic acids is 1. The highest BCUT2D eigenvalue weighted by atomic mass is 16.5. The van der Waals surface area contributed by atoms with Crippen molar-refractivity contribution in [3.8, 4) is 0 Å². The van der Waals surface area contributed by atoms with E-state index in [0.717, 1.165) is 19.3 Å². The van der Waals surface area contributed by atoms with Crippen LogP contribution >= 0.6 is 0 Å². The lowest BCUT2D eigenvalue weighted by Gasteiger charge is -2.34. The third kappa shape index (κ3) is 7.62. The van der Waals surface area contributed by atoms with Crippen LogP contribution in [0.1, 0.15) is 32.6 Å². The molecular formula is C14H25NO4. The van der Waals surface area contributed by atoms with Crippen molar-refractivity contribution in [2.75, 3.05) is 27.7 Å². The summed E-state index contributed by atoms with van der Waals surface area (Å²) in [5.41, 5.74) is 0.391. The summed E-state index contributed by atoms with van der Waals surface area (Å²) in [5.74, 6) is -1.39. The Balaban J connectivity index is 3.82. The fourth-order valence-corrected chi connectivity index (χ4v) is 1.73. The van der Waals surface area contributed by atoms with Gasteiger partial charge in [-0.3, -0.25) is 0 Å². The van der Waals surface area contributed by atoms with Crippen LogP contribution in [0, 0.1) is 0 Å². The Hall–Kier alpha value is -1.36. The number of carbonyl (C=O) groups is 2. The van der Waals surface area contributed by atoms with E-state index in [1.807, 2.05) is 21.1 Å². The van der Waals surface area contributed by atoms with E-state index in [-0.39, 0.29) is 5.97 Å². The number of likely N-dealkylation sites (N-methyl/N-ethyl adjacent to an activating group) is 1. The van der Waals surface area contributed by atoms with Gasteiger partial charge in [-0.25, -0.2) is 4.79 Å². The molecule has 0 bridgehead atoms. The van der Waals surface area contributed by atoms with E-state index in [1.165, 1.54) is 0 Å². The Kier molecular flexibility index (Phi) is 7.37. The normalized spacial score (nSPS) is 12.8. The third-order valence-corrected chi connectivity index (χ3v) is 2.91. The molecule has 0 saturated heterocycles. The fourth-order valence-electron chi connectivity index (χ4n) is 1.73. The number of nitrogens with zero attached hydrogens (tertiary/aromatic N) is 1. The van der Waals surface area contributed by atoms with Crippen molar-refractivity contribution in [1.82, 2.24) is 0 Å². The second-order valence-corrected chi connectivity index (χ2v) is 5.72.